The predicted octanol–water partition coefficient (Wildman–Crippen LogP) is 2.92. The average molecular weight is 247 g/mol. The van der Waals surface area contributed by atoms with Gasteiger partial charge in [0.15, 0.2) is 0 Å². The molecule has 100 valence electrons. The Bertz CT molecular complexity index is 373. The molecular weight excluding hydrogens is 222 g/mol. The maximum Gasteiger partial charge on any atom is 0.0591 e. The summed E-state index contributed by atoms with van der Waals surface area (Å²) < 4.78 is 5.69. The lowest BCUT2D eigenvalue weighted by Gasteiger charge is -2.11. The van der Waals surface area contributed by atoms with Gasteiger partial charge in [-0.25, -0.2) is 0 Å². The lowest BCUT2D eigenvalue weighted by atomic mass is 9.98. The van der Waals surface area contributed by atoms with E-state index in [-0.39, 0.29) is 0 Å². The van der Waals surface area contributed by atoms with Gasteiger partial charge in [0.2, 0.25) is 0 Å². The molecule has 0 unspecified atom stereocenters. The quantitative estimate of drug-likeness (QED) is 0.748. The van der Waals surface area contributed by atoms with Crippen molar-refractivity contribution in [2.75, 3.05) is 19.8 Å². The van der Waals surface area contributed by atoms with Gasteiger partial charge in [-0.1, -0.05) is 17.7 Å². The summed E-state index contributed by atoms with van der Waals surface area (Å²) in [4.78, 5) is 0. The molecule has 0 radical (unpaired) electrons. The topological polar surface area (TPSA) is 21.3 Å². The summed E-state index contributed by atoms with van der Waals surface area (Å²) in [5.74, 6) is 0. The molecule has 1 aliphatic rings. The summed E-state index contributed by atoms with van der Waals surface area (Å²) in [6.07, 6.45) is 3.73. The SMILES string of the molecule is Cc1cc(C)c(CCOCCNC2CC2)c(C)c1. The third-order valence-corrected chi connectivity index (χ3v) is 3.59. The molecule has 1 fully saturated rings. The highest BCUT2D eigenvalue weighted by Crippen LogP contribution is 2.18. The second kappa shape index (κ2) is 6.35. The molecule has 0 aliphatic heterocycles. The van der Waals surface area contributed by atoms with Crippen LogP contribution in [0.15, 0.2) is 12.1 Å². The summed E-state index contributed by atoms with van der Waals surface area (Å²) in [6.45, 7) is 9.21. The van der Waals surface area contributed by atoms with Crippen LogP contribution in [0, 0.1) is 20.8 Å². The third-order valence-electron chi connectivity index (χ3n) is 3.59. The maximum atomic E-state index is 5.69. The van der Waals surface area contributed by atoms with Crippen LogP contribution >= 0.6 is 0 Å². The van der Waals surface area contributed by atoms with Gasteiger partial charge in [0.1, 0.15) is 0 Å². The standard InChI is InChI=1S/C16H25NO/c1-12-10-13(2)16(14(3)11-12)6-8-18-9-7-17-15-4-5-15/h10-11,15,17H,4-9H2,1-3H3. The molecule has 1 aliphatic carbocycles. The highest BCUT2D eigenvalue weighted by Gasteiger charge is 2.19. The molecule has 2 heteroatoms. The molecule has 0 spiro atoms. The summed E-state index contributed by atoms with van der Waals surface area (Å²) in [5, 5.41) is 3.46. The van der Waals surface area contributed by atoms with E-state index in [2.05, 4.69) is 38.2 Å². The van der Waals surface area contributed by atoms with E-state index < -0.39 is 0 Å². The highest BCUT2D eigenvalue weighted by atomic mass is 16.5. The van der Waals surface area contributed by atoms with E-state index in [1.54, 1.807) is 0 Å². The number of nitrogens with one attached hydrogen (secondary N) is 1. The van der Waals surface area contributed by atoms with Crippen molar-refractivity contribution >= 4 is 0 Å². The van der Waals surface area contributed by atoms with Gasteiger partial charge < -0.3 is 10.1 Å². The minimum absolute atomic E-state index is 0.787. The van der Waals surface area contributed by atoms with E-state index in [1.165, 1.54) is 35.1 Å². The fourth-order valence-electron chi connectivity index (χ4n) is 2.50. The van der Waals surface area contributed by atoms with Crippen molar-refractivity contribution < 1.29 is 4.74 Å². The van der Waals surface area contributed by atoms with Crippen LogP contribution in [0.1, 0.15) is 35.1 Å². The van der Waals surface area contributed by atoms with Gasteiger partial charge in [-0.05, 0) is 56.7 Å². The van der Waals surface area contributed by atoms with Crippen LogP contribution in [0.4, 0.5) is 0 Å². The monoisotopic (exact) mass is 247 g/mol. The van der Waals surface area contributed by atoms with Crippen molar-refractivity contribution in [2.45, 2.75) is 46.1 Å². The second-order valence-corrected chi connectivity index (χ2v) is 5.47. The second-order valence-electron chi connectivity index (χ2n) is 5.47. The normalized spacial score (nSPS) is 15.1. The zero-order chi connectivity index (χ0) is 13.0. The van der Waals surface area contributed by atoms with Crippen LogP contribution < -0.4 is 5.32 Å². The molecule has 18 heavy (non-hydrogen) atoms. The Labute approximate surface area is 111 Å². The van der Waals surface area contributed by atoms with Gasteiger partial charge in [0, 0.05) is 12.6 Å². The molecule has 1 saturated carbocycles. The fourth-order valence-corrected chi connectivity index (χ4v) is 2.50. The molecule has 0 heterocycles. The van der Waals surface area contributed by atoms with Gasteiger partial charge >= 0.3 is 0 Å². The first-order valence-corrected chi connectivity index (χ1v) is 7.04. The van der Waals surface area contributed by atoms with E-state index in [0.717, 1.165) is 32.2 Å². The number of hydrogen-bond donors (Lipinski definition) is 1. The molecule has 1 aromatic rings. The summed E-state index contributed by atoms with van der Waals surface area (Å²) in [6, 6.07) is 5.31. The van der Waals surface area contributed by atoms with Crippen LogP contribution in [-0.2, 0) is 11.2 Å². The number of hydrogen-bond acceptors (Lipinski definition) is 2. The summed E-state index contributed by atoms with van der Waals surface area (Å²) in [5.41, 5.74) is 5.60. The lowest BCUT2D eigenvalue weighted by Crippen LogP contribution is -2.22. The van der Waals surface area contributed by atoms with Crippen LogP contribution in [0.5, 0.6) is 0 Å². The minimum atomic E-state index is 0.787. The summed E-state index contributed by atoms with van der Waals surface area (Å²) in [7, 11) is 0. The van der Waals surface area contributed by atoms with Crippen LogP contribution in [0.25, 0.3) is 0 Å². The van der Waals surface area contributed by atoms with Crippen LogP contribution in [-0.4, -0.2) is 25.8 Å². The molecular formula is C16H25NO. The Hall–Kier alpha value is -0.860. The fraction of sp³-hybridized carbons (Fsp3) is 0.625. The van der Waals surface area contributed by atoms with Crippen molar-refractivity contribution in [1.29, 1.82) is 0 Å². The molecule has 0 atom stereocenters. The summed E-state index contributed by atoms with van der Waals surface area (Å²) >= 11 is 0. The molecule has 2 nitrogen and oxygen atoms in total. The van der Waals surface area contributed by atoms with Crippen LogP contribution in [0.3, 0.4) is 0 Å². The van der Waals surface area contributed by atoms with Crippen molar-refractivity contribution in [3.63, 3.8) is 0 Å². The van der Waals surface area contributed by atoms with E-state index in [9.17, 15) is 0 Å². The van der Waals surface area contributed by atoms with E-state index >= 15 is 0 Å². The highest BCUT2D eigenvalue weighted by molar-refractivity contribution is 5.37. The first kappa shape index (κ1) is 13.6. The molecule has 1 N–H and O–H groups in total. The molecule has 1 aromatic carbocycles. The van der Waals surface area contributed by atoms with E-state index in [0.29, 0.717) is 0 Å². The van der Waals surface area contributed by atoms with Crippen LogP contribution in [0.2, 0.25) is 0 Å². The van der Waals surface area contributed by atoms with Crippen molar-refractivity contribution in [3.8, 4) is 0 Å². The smallest absolute Gasteiger partial charge is 0.0591 e. The van der Waals surface area contributed by atoms with Gasteiger partial charge in [-0.3, -0.25) is 0 Å². The Kier molecular flexibility index (Phi) is 4.79. The van der Waals surface area contributed by atoms with Gasteiger partial charge in [-0.15, -0.1) is 0 Å². The molecule has 0 saturated heterocycles. The minimum Gasteiger partial charge on any atom is -0.380 e. The molecule has 0 bridgehead atoms. The Morgan fingerprint density at radius 1 is 1.11 bits per heavy atom. The number of rotatable bonds is 7. The number of ether oxygens (including phenoxy) is 1. The largest absolute Gasteiger partial charge is 0.380 e. The van der Waals surface area contributed by atoms with Crippen molar-refractivity contribution in [3.05, 3.63) is 34.4 Å². The van der Waals surface area contributed by atoms with Crippen molar-refractivity contribution in [2.24, 2.45) is 0 Å². The maximum absolute atomic E-state index is 5.69. The van der Waals surface area contributed by atoms with E-state index in [1.807, 2.05) is 0 Å². The molecule has 0 aromatic heterocycles. The number of benzene rings is 1. The van der Waals surface area contributed by atoms with Gasteiger partial charge in [-0.2, -0.15) is 0 Å². The first-order chi connectivity index (χ1) is 8.66. The molecule has 2 rings (SSSR count). The average Bonchev–Trinajstić information content (AvgIpc) is 3.09. The van der Waals surface area contributed by atoms with Crippen molar-refractivity contribution in [1.82, 2.24) is 5.32 Å². The Morgan fingerprint density at radius 2 is 1.78 bits per heavy atom. The Morgan fingerprint density at radius 3 is 2.39 bits per heavy atom. The van der Waals surface area contributed by atoms with E-state index in [4.69, 9.17) is 4.74 Å². The van der Waals surface area contributed by atoms with Gasteiger partial charge in [0.25, 0.3) is 0 Å². The van der Waals surface area contributed by atoms with Gasteiger partial charge in [0.05, 0.1) is 13.2 Å². The Balaban J connectivity index is 1.68. The lowest BCUT2D eigenvalue weighted by molar-refractivity contribution is 0.138. The first-order valence-electron chi connectivity index (χ1n) is 7.04. The predicted molar refractivity (Wildman–Crippen MR) is 76.2 cm³/mol. The third kappa shape index (κ3) is 4.11. The number of aryl methyl sites for hydroxylation is 3. The zero-order valence-electron chi connectivity index (χ0n) is 11.9. The molecule has 0 amide bonds. The zero-order valence-corrected chi connectivity index (χ0v) is 11.9.